The number of aromatic nitrogens is 3. The van der Waals surface area contributed by atoms with Crippen molar-refractivity contribution < 1.29 is 9.53 Å². The molecule has 4 aromatic rings. The lowest BCUT2D eigenvalue weighted by atomic mass is 10.2. The maximum atomic E-state index is 12.6. The number of benzene rings is 2. The van der Waals surface area contributed by atoms with Gasteiger partial charge in [0.25, 0.3) is 5.91 Å². The van der Waals surface area contributed by atoms with Gasteiger partial charge in [-0.1, -0.05) is 30.3 Å². The van der Waals surface area contributed by atoms with Gasteiger partial charge in [0.05, 0.1) is 30.7 Å². The van der Waals surface area contributed by atoms with Crippen molar-refractivity contribution in [3.8, 4) is 5.75 Å². The molecule has 2 aromatic heterocycles. The van der Waals surface area contributed by atoms with E-state index in [-0.39, 0.29) is 11.9 Å². The smallest absolute Gasteiger partial charge is 0.251 e. The number of hydrogen-bond donors (Lipinski definition) is 1. The zero-order chi connectivity index (χ0) is 20.2. The number of hydrogen-bond acceptors (Lipinski definition) is 4. The highest BCUT2D eigenvalue weighted by atomic mass is 16.5. The molecule has 0 aliphatic rings. The molecule has 0 aliphatic heterocycles. The monoisotopic (exact) mass is 386 g/mol. The highest BCUT2D eigenvalue weighted by Crippen LogP contribution is 2.25. The van der Waals surface area contributed by atoms with Crippen LogP contribution in [0, 0.1) is 0 Å². The van der Waals surface area contributed by atoms with E-state index in [1.54, 1.807) is 31.6 Å². The van der Waals surface area contributed by atoms with E-state index in [1.165, 1.54) is 0 Å². The molecule has 0 radical (unpaired) electrons. The lowest BCUT2D eigenvalue weighted by molar-refractivity contribution is 0.0937. The van der Waals surface area contributed by atoms with E-state index in [2.05, 4.69) is 14.9 Å². The van der Waals surface area contributed by atoms with Crippen LogP contribution in [0.5, 0.6) is 5.75 Å². The van der Waals surface area contributed by atoms with Gasteiger partial charge in [-0.15, -0.1) is 0 Å². The van der Waals surface area contributed by atoms with Crippen LogP contribution in [0.25, 0.3) is 11.0 Å². The van der Waals surface area contributed by atoms with Gasteiger partial charge >= 0.3 is 0 Å². The molecule has 1 unspecified atom stereocenters. The molecule has 4 rings (SSSR count). The molecule has 0 saturated heterocycles. The molecular weight excluding hydrogens is 364 g/mol. The highest BCUT2D eigenvalue weighted by molar-refractivity contribution is 5.94. The zero-order valence-corrected chi connectivity index (χ0v) is 16.4. The third-order valence-corrected chi connectivity index (χ3v) is 4.88. The van der Waals surface area contributed by atoms with Gasteiger partial charge in [0.1, 0.15) is 11.6 Å². The maximum Gasteiger partial charge on any atom is 0.251 e. The second-order valence-electron chi connectivity index (χ2n) is 6.79. The Morgan fingerprint density at radius 3 is 2.59 bits per heavy atom. The summed E-state index contributed by atoms with van der Waals surface area (Å²) in [5.74, 6) is 1.46. The molecule has 0 saturated carbocycles. The van der Waals surface area contributed by atoms with Gasteiger partial charge in [0, 0.05) is 23.5 Å². The van der Waals surface area contributed by atoms with Gasteiger partial charge in [-0.3, -0.25) is 9.78 Å². The molecule has 1 amide bonds. The molecular formula is C23H22N4O2. The van der Waals surface area contributed by atoms with Gasteiger partial charge in [0.2, 0.25) is 0 Å². The fourth-order valence-corrected chi connectivity index (χ4v) is 3.44. The fourth-order valence-electron chi connectivity index (χ4n) is 3.44. The van der Waals surface area contributed by atoms with Crippen LogP contribution >= 0.6 is 0 Å². The standard InChI is InChI=1S/C23H22N4O2/c1-16(25-23(28)17-11-13-24-14-12-17)22-26-19-8-4-5-9-20(19)27(22)15-18-7-3-6-10-21(18)29-2/h3-14,16H,15H2,1-2H3,(H,25,28). The number of amides is 1. The minimum atomic E-state index is -0.280. The summed E-state index contributed by atoms with van der Waals surface area (Å²) < 4.78 is 7.65. The Kier molecular flexibility index (Phi) is 5.24. The van der Waals surface area contributed by atoms with Gasteiger partial charge in [-0.2, -0.15) is 0 Å². The van der Waals surface area contributed by atoms with Crippen LogP contribution in [0.1, 0.15) is 34.7 Å². The number of ether oxygens (including phenoxy) is 1. The highest BCUT2D eigenvalue weighted by Gasteiger charge is 2.20. The molecule has 1 N–H and O–H groups in total. The molecule has 0 spiro atoms. The predicted octanol–water partition coefficient (Wildman–Crippen LogP) is 3.98. The lowest BCUT2D eigenvalue weighted by Gasteiger charge is -2.17. The van der Waals surface area contributed by atoms with Crippen LogP contribution in [0.3, 0.4) is 0 Å². The Labute approximate surface area is 169 Å². The normalized spacial score (nSPS) is 11.9. The van der Waals surface area contributed by atoms with E-state index in [9.17, 15) is 4.79 Å². The Balaban J connectivity index is 1.70. The van der Waals surface area contributed by atoms with Crippen molar-refractivity contribution in [3.05, 3.63) is 90.0 Å². The Morgan fingerprint density at radius 1 is 1.07 bits per heavy atom. The Morgan fingerprint density at radius 2 is 1.79 bits per heavy atom. The number of nitrogens with zero attached hydrogens (tertiary/aromatic N) is 3. The van der Waals surface area contributed by atoms with E-state index in [0.717, 1.165) is 28.2 Å². The summed E-state index contributed by atoms with van der Waals surface area (Å²) in [6, 6.07) is 19.0. The maximum absolute atomic E-state index is 12.6. The summed E-state index contributed by atoms with van der Waals surface area (Å²) in [6.45, 7) is 2.54. The largest absolute Gasteiger partial charge is 0.496 e. The van der Waals surface area contributed by atoms with Crippen molar-refractivity contribution in [2.45, 2.75) is 19.5 Å². The minimum Gasteiger partial charge on any atom is -0.496 e. The van der Waals surface area contributed by atoms with Crippen molar-refractivity contribution in [2.24, 2.45) is 0 Å². The second kappa shape index (κ2) is 8.14. The molecule has 146 valence electrons. The molecule has 2 aromatic carbocycles. The SMILES string of the molecule is COc1ccccc1Cn1c(C(C)NC(=O)c2ccncc2)nc2ccccc21. The summed E-state index contributed by atoms with van der Waals surface area (Å²) in [7, 11) is 1.67. The average Bonchev–Trinajstić information content (AvgIpc) is 3.13. The van der Waals surface area contributed by atoms with Crippen molar-refractivity contribution in [1.82, 2.24) is 19.9 Å². The summed E-state index contributed by atoms with van der Waals surface area (Å²) in [5, 5.41) is 3.05. The number of pyridine rings is 1. The van der Waals surface area contributed by atoms with Gasteiger partial charge in [0.15, 0.2) is 0 Å². The van der Waals surface area contributed by atoms with E-state index in [0.29, 0.717) is 12.1 Å². The quantitative estimate of drug-likeness (QED) is 0.544. The fraction of sp³-hybridized carbons (Fsp3) is 0.174. The molecule has 0 bridgehead atoms. The van der Waals surface area contributed by atoms with E-state index in [1.807, 2.05) is 55.5 Å². The van der Waals surface area contributed by atoms with Crippen molar-refractivity contribution in [2.75, 3.05) is 7.11 Å². The number of para-hydroxylation sites is 3. The Hall–Kier alpha value is -3.67. The summed E-state index contributed by atoms with van der Waals surface area (Å²) in [4.78, 5) is 21.4. The average molecular weight is 386 g/mol. The van der Waals surface area contributed by atoms with E-state index in [4.69, 9.17) is 9.72 Å². The van der Waals surface area contributed by atoms with Gasteiger partial charge in [-0.25, -0.2) is 4.98 Å². The predicted molar refractivity (Wildman–Crippen MR) is 112 cm³/mol. The lowest BCUT2D eigenvalue weighted by Crippen LogP contribution is -2.28. The van der Waals surface area contributed by atoms with Crippen LogP contribution in [0.4, 0.5) is 0 Å². The number of imidazole rings is 1. The van der Waals surface area contributed by atoms with Gasteiger partial charge in [-0.05, 0) is 37.3 Å². The van der Waals surface area contributed by atoms with E-state index >= 15 is 0 Å². The first-order chi connectivity index (χ1) is 14.2. The Bertz CT molecular complexity index is 1140. The zero-order valence-electron chi connectivity index (χ0n) is 16.4. The summed E-state index contributed by atoms with van der Waals surface area (Å²) in [6.07, 6.45) is 3.22. The topological polar surface area (TPSA) is 69.0 Å². The number of rotatable bonds is 6. The van der Waals surface area contributed by atoms with Crippen LogP contribution in [0.15, 0.2) is 73.1 Å². The number of carbonyl (C=O) groups is 1. The second-order valence-corrected chi connectivity index (χ2v) is 6.79. The molecule has 29 heavy (non-hydrogen) atoms. The van der Waals surface area contributed by atoms with Crippen LogP contribution < -0.4 is 10.1 Å². The van der Waals surface area contributed by atoms with Crippen LogP contribution in [-0.2, 0) is 6.54 Å². The number of carbonyl (C=O) groups excluding carboxylic acids is 1. The first kappa shape index (κ1) is 18.7. The molecule has 6 nitrogen and oxygen atoms in total. The minimum absolute atomic E-state index is 0.157. The number of methoxy groups -OCH3 is 1. The molecule has 0 aliphatic carbocycles. The molecule has 6 heteroatoms. The van der Waals surface area contributed by atoms with Crippen molar-refractivity contribution >= 4 is 16.9 Å². The first-order valence-corrected chi connectivity index (χ1v) is 9.45. The molecule has 1 atom stereocenters. The number of nitrogens with one attached hydrogen (secondary N) is 1. The molecule has 0 fully saturated rings. The third kappa shape index (κ3) is 3.82. The summed E-state index contributed by atoms with van der Waals surface area (Å²) in [5.41, 5.74) is 3.52. The van der Waals surface area contributed by atoms with Crippen molar-refractivity contribution in [1.29, 1.82) is 0 Å². The molecule has 2 heterocycles. The van der Waals surface area contributed by atoms with Crippen molar-refractivity contribution in [3.63, 3.8) is 0 Å². The third-order valence-electron chi connectivity index (χ3n) is 4.88. The first-order valence-electron chi connectivity index (χ1n) is 9.45. The van der Waals surface area contributed by atoms with E-state index < -0.39 is 0 Å². The van der Waals surface area contributed by atoms with Crippen LogP contribution in [0.2, 0.25) is 0 Å². The number of fused-ring (bicyclic) bond motifs is 1. The van der Waals surface area contributed by atoms with Gasteiger partial charge < -0.3 is 14.6 Å². The van der Waals surface area contributed by atoms with Crippen LogP contribution in [-0.4, -0.2) is 27.6 Å². The summed E-state index contributed by atoms with van der Waals surface area (Å²) >= 11 is 0.